The number of piperidine rings is 1. The fourth-order valence-electron chi connectivity index (χ4n) is 3.68. The van der Waals surface area contributed by atoms with Gasteiger partial charge in [-0.05, 0) is 44.2 Å². The molecule has 0 aliphatic carbocycles. The Bertz CT molecular complexity index is 695. The monoisotopic (exact) mass is 402 g/mol. The number of likely N-dealkylation sites (tertiary alicyclic amines) is 1. The average Bonchev–Trinajstić information content (AvgIpc) is 3.27. The lowest BCUT2D eigenvalue weighted by Crippen LogP contribution is -2.45. The number of hydrogen-bond donors (Lipinski definition) is 2. The van der Waals surface area contributed by atoms with Crippen LogP contribution >= 0.6 is 0 Å². The van der Waals surface area contributed by atoms with Gasteiger partial charge < -0.3 is 25.0 Å². The SMILES string of the molecule is CN=C(NCC(=O)N1CCCCC1)NCc1ccc(C)cc1OCC1CCOC1. The van der Waals surface area contributed by atoms with E-state index < -0.39 is 0 Å². The number of aliphatic imine (C=N–C) groups is 1. The highest BCUT2D eigenvalue weighted by molar-refractivity contribution is 5.86. The number of carbonyl (C=O) groups excluding carboxylic acids is 1. The van der Waals surface area contributed by atoms with Crippen LogP contribution in [0.25, 0.3) is 0 Å². The first-order chi connectivity index (χ1) is 14.2. The van der Waals surface area contributed by atoms with Gasteiger partial charge in [-0.25, -0.2) is 0 Å². The molecule has 2 aliphatic rings. The molecule has 0 aromatic heterocycles. The van der Waals surface area contributed by atoms with Crippen LogP contribution in [0.2, 0.25) is 0 Å². The van der Waals surface area contributed by atoms with Gasteiger partial charge in [0.25, 0.3) is 0 Å². The second-order valence-corrected chi connectivity index (χ2v) is 7.87. The van der Waals surface area contributed by atoms with Crippen molar-refractivity contribution < 1.29 is 14.3 Å². The molecular weight excluding hydrogens is 368 g/mol. The van der Waals surface area contributed by atoms with Gasteiger partial charge in [0.1, 0.15) is 5.75 Å². The molecule has 160 valence electrons. The predicted octanol–water partition coefficient (Wildman–Crippen LogP) is 2.09. The van der Waals surface area contributed by atoms with Gasteiger partial charge >= 0.3 is 0 Å². The van der Waals surface area contributed by atoms with E-state index in [1.165, 1.54) is 12.0 Å². The van der Waals surface area contributed by atoms with E-state index in [9.17, 15) is 4.79 Å². The lowest BCUT2D eigenvalue weighted by molar-refractivity contribution is -0.130. The minimum Gasteiger partial charge on any atom is -0.493 e. The average molecular weight is 403 g/mol. The summed E-state index contributed by atoms with van der Waals surface area (Å²) >= 11 is 0. The number of rotatable bonds is 7. The van der Waals surface area contributed by atoms with Crippen LogP contribution in [0.4, 0.5) is 0 Å². The number of nitrogens with one attached hydrogen (secondary N) is 2. The van der Waals surface area contributed by atoms with Crippen molar-refractivity contribution in [2.75, 3.05) is 46.5 Å². The molecule has 2 N–H and O–H groups in total. The van der Waals surface area contributed by atoms with E-state index in [4.69, 9.17) is 9.47 Å². The Morgan fingerprint density at radius 2 is 2.10 bits per heavy atom. The Labute approximate surface area is 173 Å². The van der Waals surface area contributed by atoms with E-state index in [-0.39, 0.29) is 12.5 Å². The summed E-state index contributed by atoms with van der Waals surface area (Å²) in [6.45, 7) is 6.91. The molecule has 1 aromatic carbocycles. The van der Waals surface area contributed by atoms with Gasteiger partial charge in [0.2, 0.25) is 5.91 Å². The van der Waals surface area contributed by atoms with Crippen molar-refractivity contribution in [3.8, 4) is 5.75 Å². The van der Waals surface area contributed by atoms with E-state index in [2.05, 4.69) is 40.7 Å². The van der Waals surface area contributed by atoms with Crippen molar-refractivity contribution in [1.29, 1.82) is 0 Å². The highest BCUT2D eigenvalue weighted by Gasteiger charge is 2.18. The maximum atomic E-state index is 12.3. The van der Waals surface area contributed by atoms with Gasteiger partial charge in [-0.2, -0.15) is 0 Å². The van der Waals surface area contributed by atoms with Crippen LogP contribution in [0.5, 0.6) is 5.75 Å². The van der Waals surface area contributed by atoms with E-state index in [0.29, 0.717) is 25.0 Å². The quantitative estimate of drug-likeness (QED) is 0.540. The number of ether oxygens (including phenoxy) is 2. The number of amides is 1. The predicted molar refractivity (Wildman–Crippen MR) is 114 cm³/mol. The molecule has 29 heavy (non-hydrogen) atoms. The summed E-state index contributed by atoms with van der Waals surface area (Å²) < 4.78 is 11.5. The largest absolute Gasteiger partial charge is 0.493 e. The summed E-state index contributed by atoms with van der Waals surface area (Å²) in [4.78, 5) is 18.5. The number of hydrogen-bond acceptors (Lipinski definition) is 4. The summed E-state index contributed by atoms with van der Waals surface area (Å²) in [6.07, 6.45) is 4.47. The van der Waals surface area contributed by atoms with Gasteiger partial charge in [0.05, 0.1) is 19.8 Å². The minimum absolute atomic E-state index is 0.130. The van der Waals surface area contributed by atoms with Crippen LogP contribution in [0.3, 0.4) is 0 Å². The molecule has 2 saturated heterocycles. The highest BCUT2D eigenvalue weighted by Crippen LogP contribution is 2.22. The van der Waals surface area contributed by atoms with Crippen molar-refractivity contribution in [3.63, 3.8) is 0 Å². The van der Waals surface area contributed by atoms with Crippen molar-refractivity contribution >= 4 is 11.9 Å². The number of benzene rings is 1. The summed E-state index contributed by atoms with van der Waals surface area (Å²) in [5.74, 6) is 2.10. The van der Waals surface area contributed by atoms with Crippen LogP contribution < -0.4 is 15.4 Å². The third-order valence-electron chi connectivity index (χ3n) is 5.51. The Balaban J connectivity index is 1.49. The first-order valence-corrected chi connectivity index (χ1v) is 10.7. The second kappa shape index (κ2) is 11.0. The third-order valence-corrected chi connectivity index (χ3v) is 5.51. The molecule has 7 heteroatoms. The lowest BCUT2D eigenvalue weighted by atomic mass is 10.1. The first-order valence-electron chi connectivity index (χ1n) is 10.7. The smallest absolute Gasteiger partial charge is 0.241 e. The number of guanidine groups is 1. The molecule has 1 amide bonds. The highest BCUT2D eigenvalue weighted by atomic mass is 16.5. The molecule has 1 atom stereocenters. The summed E-state index contributed by atoms with van der Waals surface area (Å²) in [6, 6.07) is 6.23. The number of aryl methyl sites for hydroxylation is 1. The molecular formula is C22H34N4O3. The van der Waals surface area contributed by atoms with Gasteiger partial charge in [0.15, 0.2) is 5.96 Å². The van der Waals surface area contributed by atoms with Crippen LogP contribution in [0.1, 0.15) is 36.8 Å². The molecule has 0 radical (unpaired) electrons. The van der Waals surface area contributed by atoms with E-state index >= 15 is 0 Å². The Hall–Kier alpha value is -2.28. The summed E-state index contributed by atoms with van der Waals surface area (Å²) in [5.41, 5.74) is 2.24. The Morgan fingerprint density at radius 3 is 2.83 bits per heavy atom. The molecule has 1 aromatic rings. The maximum absolute atomic E-state index is 12.3. The molecule has 0 saturated carbocycles. The van der Waals surface area contributed by atoms with Crippen LogP contribution in [0, 0.1) is 12.8 Å². The van der Waals surface area contributed by atoms with Crippen molar-refractivity contribution in [1.82, 2.24) is 15.5 Å². The zero-order valence-electron chi connectivity index (χ0n) is 17.7. The van der Waals surface area contributed by atoms with Gasteiger partial charge in [-0.3, -0.25) is 9.79 Å². The van der Waals surface area contributed by atoms with Gasteiger partial charge in [-0.1, -0.05) is 12.1 Å². The molecule has 2 aliphatic heterocycles. The molecule has 7 nitrogen and oxygen atoms in total. The maximum Gasteiger partial charge on any atom is 0.241 e. The van der Waals surface area contributed by atoms with Crippen molar-refractivity contribution in [3.05, 3.63) is 29.3 Å². The zero-order chi connectivity index (χ0) is 20.5. The number of carbonyl (C=O) groups is 1. The second-order valence-electron chi connectivity index (χ2n) is 7.87. The summed E-state index contributed by atoms with van der Waals surface area (Å²) in [5, 5.41) is 6.43. The third kappa shape index (κ3) is 6.63. The van der Waals surface area contributed by atoms with Crippen molar-refractivity contribution in [2.45, 2.75) is 39.2 Å². The zero-order valence-corrected chi connectivity index (χ0v) is 17.7. The van der Waals surface area contributed by atoms with E-state index in [0.717, 1.165) is 56.9 Å². The Kier molecular flexibility index (Phi) is 8.16. The van der Waals surface area contributed by atoms with Gasteiger partial charge in [-0.15, -0.1) is 0 Å². The van der Waals surface area contributed by atoms with Crippen LogP contribution in [-0.4, -0.2) is 63.3 Å². The fraction of sp³-hybridized carbons (Fsp3) is 0.636. The molecule has 0 bridgehead atoms. The normalized spacial score (nSPS) is 19.9. The molecule has 1 unspecified atom stereocenters. The van der Waals surface area contributed by atoms with E-state index in [1.54, 1.807) is 7.05 Å². The summed E-state index contributed by atoms with van der Waals surface area (Å²) in [7, 11) is 1.72. The molecule has 0 spiro atoms. The van der Waals surface area contributed by atoms with E-state index in [1.807, 2.05) is 4.90 Å². The topological polar surface area (TPSA) is 75.2 Å². The number of nitrogens with zero attached hydrogens (tertiary/aromatic N) is 2. The molecule has 2 fully saturated rings. The van der Waals surface area contributed by atoms with Gasteiger partial charge in [0, 0.05) is 44.8 Å². The lowest BCUT2D eigenvalue weighted by Gasteiger charge is -2.27. The van der Waals surface area contributed by atoms with Crippen LogP contribution in [0.15, 0.2) is 23.2 Å². The first kappa shape index (κ1) is 21.4. The standard InChI is InChI=1S/C22H34N4O3/c1-17-6-7-19(20(12-17)29-16-18-8-11-28-15-18)13-24-22(23-2)25-14-21(27)26-9-4-3-5-10-26/h6-7,12,18H,3-5,8-11,13-16H2,1-2H3,(H2,23,24,25). The molecule has 2 heterocycles. The molecule has 3 rings (SSSR count). The van der Waals surface area contributed by atoms with Crippen LogP contribution in [-0.2, 0) is 16.1 Å². The van der Waals surface area contributed by atoms with Crippen molar-refractivity contribution in [2.24, 2.45) is 10.9 Å². The fourth-order valence-corrected chi connectivity index (χ4v) is 3.68. The Morgan fingerprint density at radius 1 is 1.28 bits per heavy atom. The minimum atomic E-state index is 0.130.